The summed E-state index contributed by atoms with van der Waals surface area (Å²) in [5, 5.41) is 21.3. The Balaban J connectivity index is 2.46. The van der Waals surface area contributed by atoms with Crippen molar-refractivity contribution in [1.82, 2.24) is 0 Å². The van der Waals surface area contributed by atoms with Gasteiger partial charge in [0.25, 0.3) is 0 Å². The fraction of sp³-hybridized carbons (Fsp3) is 0.478. The summed E-state index contributed by atoms with van der Waals surface area (Å²) in [6.07, 6.45) is 6.62. The van der Waals surface area contributed by atoms with E-state index < -0.39 is 0 Å². The van der Waals surface area contributed by atoms with Crippen molar-refractivity contribution < 1.29 is 10.2 Å². The van der Waals surface area contributed by atoms with Gasteiger partial charge in [0.05, 0.1) is 0 Å². The zero-order chi connectivity index (χ0) is 19.3. The molecule has 0 amide bonds. The number of phenolic OH excluding ortho intramolecular Hbond substituents is 2. The number of benzene rings is 2. The number of hydrogen-bond acceptors (Lipinski definition) is 2. The summed E-state index contributed by atoms with van der Waals surface area (Å²) < 4.78 is 0. The van der Waals surface area contributed by atoms with Crippen LogP contribution in [0.15, 0.2) is 24.3 Å². The smallest absolute Gasteiger partial charge is 0.122 e. The molecule has 0 aliphatic carbocycles. The van der Waals surface area contributed by atoms with Crippen LogP contribution in [0.1, 0.15) is 78.6 Å². The summed E-state index contributed by atoms with van der Waals surface area (Å²) in [4.78, 5) is 0. The topological polar surface area (TPSA) is 40.5 Å². The zero-order valence-electron chi connectivity index (χ0n) is 16.6. The second kappa shape index (κ2) is 9.42. The van der Waals surface area contributed by atoms with Gasteiger partial charge in [0.15, 0.2) is 0 Å². The highest BCUT2D eigenvalue weighted by Crippen LogP contribution is 2.43. The third-order valence-electron chi connectivity index (χ3n) is 5.09. The van der Waals surface area contributed by atoms with E-state index in [0.717, 1.165) is 60.8 Å². The van der Waals surface area contributed by atoms with Gasteiger partial charge in [0, 0.05) is 16.8 Å². The minimum absolute atomic E-state index is 0.129. The summed E-state index contributed by atoms with van der Waals surface area (Å²) in [5.41, 5.74) is 5.94. The van der Waals surface area contributed by atoms with E-state index in [9.17, 15) is 10.2 Å². The van der Waals surface area contributed by atoms with Crippen LogP contribution in [-0.4, -0.2) is 10.2 Å². The summed E-state index contributed by atoms with van der Waals surface area (Å²) in [7, 11) is 2.82. The van der Waals surface area contributed by atoms with Crippen molar-refractivity contribution in [2.75, 3.05) is 0 Å². The molecule has 2 N–H and O–H groups in total. The largest absolute Gasteiger partial charge is 0.507 e. The monoisotopic (exact) mass is 372 g/mol. The van der Waals surface area contributed by atoms with Gasteiger partial charge in [0.1, 0.15) is 11.5 Å². The van der Waals surface area contributed by atoms with E-state index >= 15 is 0 Å². The van der Waals surface area contributed by atoms with Gasteiger partial charge in [-0.15, -0.1) is 9.24 Å². The molecule has 0 aliphatic heterocycles. The standard InChI is InChI=1S/C23H33O2P/c1-5-7-9-17-11-15(3)21(24)19(13-17)23(26)20-14-18(10-8-6-2)12-16(4)22(20)25/h11-14,23-25H,5-10,26H2,1-4H3. The van der Waals surface area contributed by atoms with Crippen molar-refractivity contribution in [3.63, 3.8) is 0 Å². The molecule has 0 aromatic heterocycles. The van der Waals surface area contributed by atoms with E-state index in [1.165, 1.54) is 11.1 Å². The van der Waals surface area contributed by atoms with Crippen molar-refractivity contribution in [2.24, 2.45) is 0 Å². The van der Waals surface area contributed by atoms with E-state index in [0.29, 0.717) is 11.5 Å². The molecule has 0 aliphatic rings. The van der Waals surface area contributed by atoms with Crippen LogP contribution in [0.2, 0.25) is 0 Å². The van der Waals surface area contributed by atoms with Gasteiger partial charge in [-0.3, -0.25) is 0 Å². The SMILES string of the molecule is CCCCc1cc(C)c(O)c(C(P)c2cc(CCCC)cc(C)c2O)c1. The predicted octanol–water partition coefficient (Wildman–Crippen LogP) is 6.36. The molecular weight excluding hydrogens is 339 g/mol. The molecule has 0 bridgehead atoms. The first-order valence-corrected chi connectivity index (χ1v) is 10.5. The van der Waals surface area contributed by atoms with Crippen LogP contribution in [0.25, 0.3) is 0 Å². The Kier molecular flexibility index (Phi) is 7.53. The number of unbranched alkanes of at least 4 members (excludes halogenated alkanes) is 2. The normalized spacial score (nSPS) is 11.3. The van der Waals surface area contributed by atoms with E-state index in [1.54, 1.807) is 0 Å². The molecule has 26 heavy (non-hydrogen) atoms. The molecule has 0 fully saturated rings. The molecule has 2 aromatic carbocycles. The summed E-state index contributed by atoms with van der Waals surface area (Å²) in [6.45, 7) is 8.29. The average molecular weight is 372 g/mol. The number of aromatic hydroxyl groups is 2. The lowest BCUT2D eigenvalue weighted by Gasteiger charge is -2.20. The van der Waals surface area contributed by atoms with Crippen LogP contribution < -0.4 is 0 Å². The van der Waals surface area contributed by atoms with Gasteiger partial charge in [0.2, 0.25) is 0 Å². The number of aryl methyl sites for hydroxylation is 4. The Morgan fingerprint density at radius 1 is 0.769 bits per heavy atom. The summed E-state index contributed by atoms with van der Waals surface area (Å²) in [6, 6.07) is 8.36. The van der Waals surface area contributed by atoms with Crippen molar-refractivity contribution in [3.05, 3.63) is 57.6 Å². The second-order valence-corrected chi connectivity index (χ2v) is 8.05. The molecule has 0 heterocycles. The Bertz CT molecular complexity index is 689. The summed E-state index contributed by atoms with van der Waals surface area (Å²) >= 11 is 0. The molecule has 2 aromatic rings. The lowest BCUT2D eigenvalue weighted by molar-refractivity contribution is 0.457. The molecule has 1 atom stereocenters. The highest BCUT2D eigenvalue weighted by Gasteiger charge is 2.20. The fourth-order valence-electron chi connectivity index (χ4n) is 3.46. The van der Waals surface area contributed by atoms with Crippen LogP contribution in [0, 0.1) is 13.8 Å². The summed E-state index contributed by atoms with van der Waals surface area (Å²) in [5.74, 6) is 0.669. The average Bonchev–Trinajstić information content (AvgIpc) is 2.62. The second-order valence-electron chi connectivity index (χ2n) is 7.39. The molecular formula is C23H33O2P. The van der Waals surface area contributed by atoms with Gasteiger partial charge < -0.3 is 10.2 Å². The quantitative estimate of drug-likeness (QED) is 0.529. The maximum absolute atomic E-state index is 10.7. The first-order valence-electron chi connectivity index (χ1n) is 9.79. The Morgan fingerprint density at radius 3 is 1.50 bits per heavy atom. The van der Waals surface area contributed by atoms with Gasteiger partial charge in [-0.25, -0.2) is 0 Å². The number of hydrogen-bond donors (Lipinski definition) is 2. The minimum Gasteiger partial charge on any atom is -0.507 e. The van der Waals surface area contributed by atoms with Crippen LogP contribution in [0.3, 0.4) is 0 Å². The van der Waals surface area contributed by atoms with E-state index in [1.807, 2.05) is 13.8 Å². The maximum atomic E-state index is 10.7. The highest BCUT2D eigenvalue weighted by atomic mass is 31.0. The minimum atomic E-state index is -0.129. The Labute approximate surface area is 160 Å². The molecule has 3 heteroatoms. The molecule has 2 nitrogen and oxygen atoms in total. The Morgan fingerprint density at radius 2 is 1.15 bits per heavy atom. The van der Waals surface area contributed by atoms with Crippen molar-refractivity contribution in [2.45, 2.75) is 71.9 Å². The number of rotatable bonds is 8. The van der Waals surface area contributed by atoms with Crippen molar-refractivity contribution >= 4 is 9.24 Å². The van der Waals surface area contributed by atoms with Gasteiger partial charge in [-0.05, 0) is 61.8 Å². The molecule has 0 saturated heterocycles. The molecule has 0 radical (unpaired) electrons. The predicted molar refractivity (Wildman–Crippen MR) is 114 cm³/mol. The van der Waals surface area contributed by atoms with Crippen LogP contribution in [-0.2, 0) is 12.8 Å². The first-order chi connectivity index (χ1) is 12.4. The van der Waals surface area contributed by atoms with Gasteiger partial charge in [-0.2, -0.15) is 0 Å². The van der Waals surface area contributed by atoms with Crippen molar-refractivity contribution in [1.29, 1.82) is 0 Å². The van der Waals surface area contributed by atoms with E-state index in [4.69, 9.17) is 0 Å². The molecule has 1 unspecified atom stereocenters. The number of phenols is 2. The third kappa shape index (κ3) is 4.80. The molecule has 0 spiro atoms. The molecule has 2 rings (SSSR count). The lowest BCUT2D eigenvalue weighted by atomic mass is 9.93. The lowest BCUT2D eigenvalue weighted by Crippen LogP contribution is -2.00. The zero-order valence-corrected chi connectivity index (χ0v) is 17.8. The Hall–Kier alpha value is -1.53. The highest BCUT2D eigenvalue weighted by molar-refractivity contribution is 7.17. The van der Waals surface area contributed by atoms with Crippen LogP contribution in [0.4, 0.5) is 0 Å². The molecule has 142 valence electrons. The van der Waals surface area contributed by atoms with Crippen molar-refractivity contribution in [3.8, 4) is 11.5 Å². The van der Waals surface area contributed by atoms with Crippen LogP contribution in [0.5, 0.6) is 11.5 Å². The molecule has 0 saturated carbocycles. The van der Waals surface area contributed by atoms with Gasteiger partial charge in [-0.1, -0.05) is 51.0 Å². The van der Waals surface area contributed by atoms with E-state index in [-0.39, 0.29) is 5.66 Å². The fourth-order valence-corrected chi connectivity index (χ4v) is 3.97. The van der Waals surface area contributed by atoms with Crippen LogP contribution >= 0.6 is 9.24 Å². The third-order valence-corrected chi connectivity index (χ3v) is 5.81. The maximum Gasteiger partial charge on any atom is 0.122 e. The van der Waals surface area contributed by atoms with E-state index in [2.05, 4.69) is 47.4 Å². The first kappa shape index (κ1) is 20.8. The van der Waals surface area contributed by atoms with Gasteiger partial charge >= 0.3 is 0 Å².